The number of amides is 1. The van der Waals surface area contributed by atoms with Crippen LogP contribution in [0.15, 0.2) is 24.7 Å². The summed E-state index contributed by atoms with van der Waals surface area (Å²) in [6, 6.07) is 4.38. The fourth-order valence-corrected chi connectivity index (χ4v) is 5.20. The fourth-order valence-electron chi connectivity index (χ4n) is 5.20. The number of nitriles is 1. The van der Waals surface area contributed by atoms with Crippen molar-refractivity contribution in [2.24, 2.45) is 5.92 Å². The van der Waals surface area contributed by atoms with Crippen molar-refractivity contribution in [2.75, 3.05) is 33.3 Å². The van der Waals surface area contributed by atoms with E-state index in [1.807, 2.05) is 18.5 Å². The van der Waals surface area contributed by atoms with Gasteiger partial charge in [-0.15, -0.1) is 0 Å². The van der Waals surface area contributed by atoms with Crippen LogP contribution in [0.2, 0.25) is 0 Å². The molecule has 3 aromatic rings. The number of carbonyl (C=O) groups excluding carboxylic acids is 1. The normalized spacial score (nSPS) is 17.9. The Morgan fingerprint density at radius 1 is 1.18 bits per heavy atom. The van der Waals surface area contributed by atoms with E-state index in [1.165, 1.54) is 0 Å². The topological polar surface area (TPSA) is 100 Å². The standard InChI is InChI=1S/C24H29N7O2/c1-16-21(18-11-22(33-2)23-19(12-25)13-27-30(23)15-18)14-28-31(16)20-5-9-29(10-6-20)24(32)17-3-7-26-8-4-17/h11,13-15,17,20,26H,3-10H2,1-2H3. The lowest BCUT2D eigenvalue weighted by Gasteiger charge is -2.35. The van der Waals surface area contributed by atoms with Crippen molar-refractivity contribution in [1.29, 1.82) is 5.26 Å². The Bertz CT molecular complexity index is 1210. The van der Waals surface area contributed by atoms with Crippen molar-refractivity contribution in [3.63, 3.8) is 0 Å². The van der Waals surface area contributed by atoms with Crippen LogP contribution in [0.3, 0.4) is 0 Å². The summed E-state index contributed by atoms with van der Waals surface area (Å²) in [5.74, 6) is 1.11. The molecule has 0 spiro atoms. The van der Waals surface area contributed by atoms with Crippen LogP contribution in [-0.4, -0.2) is 63.5 Å². The van der Waals surface area contributed by atoms with Gasteiger partial charge < -0.3 is 15.0 Å². The average molecular weight is 448 g/mol. The van der Waals surface area contributed by atoms with Crippen LogP contribution in [-0.2, 0) is 4.79 Å². The third-order valence-electron chi connectivity index (χ3n) is 7.08. The zero-order valence-electron chi connectivity index (χ0n) is 19.1. The quantitative estimate of drug-likeness (QED) is 0.660. The third-order valence-corrected chi connectivity index (χ3v) is 7.08. The summed E-state index contributed by atoms with van der Waals surface area (Å²) >= 11 is 0. The van der Waals surface area contributed by atoms with Crippen molar-refractivity contribution in [2.45, 2.75) is 38.6 Å². The summed E-state index contributed by atoms with van der Waals surface area (Å²) in [6.07, 6.45) is 9.05. The van der Waals surface area contributed by atoms with Crippen LogP contribution < -0.4 is 10.1 Å². The lowest BCUT2D eigenvalue weighted by molar-refractivity contribution is -0.137. The van der Waals surface area contributed by atoms with Crippen LogP contribution in [0.1, 0.15) is 43.0 Å². The molecule has 5 heterocycles. The second kappa shape index (κ2) is 8.87. The number of hydrogen-bond donors (Lipinski definition) is 1. The first kappa shape index (κ1) is 21.5. The highest BCUT2D eigenvalue weighted by molar-refractivity contribution is 5.79. The van der Waals surface area contributed by atoms with E-state index < -0.39 is 0 Å². The number of rotatable bonds is 4. The Kier molecular flexibility index (Phi) is 5.77. The van der Waals surface area contributed by atoms with Crippen LogP contribution in [0.4, 0.5) is 0 Å². The van der Waals surface area contributed by atoms with Crippen molar-refractivity contribution < 1.29 is 9.53 Å². The number of hydrogen-bond acceptors (Lipinski definition) is 6. The molecular formula is C24H29N7O2. The van der Waals surface area contributed by atoms with E-state index in [1.54, 1.807) is 17.8 Å². The van der Waals surface area contributed by atoms with E-state index >= 15 is 0 Å². The highest BCUT2D eigenvalue weighted by Gasteiger charge is 2.30. The van der Waals surface area contributed by atoms with Crippen molar-refractivity contribution in [1.82, 2.24) is 29.6 Å². The maximum absolute atomic E-state index is 12.9. The van der Waals surface area contributed by atoms with E-state index in [4.69, 9.17) is 9.84 Å². The number of aromatic nitrogens is 4. The Balaban J connectivity index is 1.34. The number of carbonyl (C=O) groups is 1. The van der Waals surface area contributed by atoms with Gasteiger partial charge >= 0.3 is 0 Å². The molecule has 9 nitrogen and oxygen atoms in total. The van der Waals surface area contributed by atoms with Crippen LogP contribution >= 0.6 is 0 Å². The van der Waals surface area contributed by atoms with Crippen LogP contribution in [0.25, 0.3) is 16.6 Å². The zero-order chi connectivity index (χ0) is 22.9. The smallest absolute Gasteiger partial charge is 0.225 e. The van der Waals surface area contributed by atoms with Gasteiger partial charge in [-0.25, -0.2) is 4.52 Å². The maximum Gasteiger partial charge on any atom is 0.225 e. The van der Waals surface area contributed by atoms with Crippen molar-refractivity contribution in [3.8, 4) is 22.9 Å². The molecule has 5 rings (SSSR count). The SMILES string of the molecule is COc1cc(-c2cnn(C3CCN(C(=O)C4CCNCC4)CC3)c2C)cn2ncc(C#N)c12. The molecule has 0 atom stereocenters. The molecule has 33 heavy (non-hydrogen) atoms. The third kappa shape index (κ3) is 3.85. The minimum Gasteiger partial charge on any atom is -0.494 e. The summed E-state index contributed by atoms with van der Waals surface area (Å²) in [5, 5.41) is 21.7. The number of methoxy groups -OCH3 is 1. The summed E-state index contributed by atoms with van der Waals surface area (Å²) in [7, 11) is 1.60. The average Bonchev–Trinajstić information content (AvgIpc) is 3.46. The van der Waals surface area contributed by atoms with E-state index in [-0.39, 0.29) is 12.0 Å². The van der Waals surface area contributed by atoms with Gasteiger partial charge in [0.1, 0.15) is 22.9 Å². The summed E-state index contributed by atoms with van der Waals surface area (Å²) in [5.41, 5.74) is 4.18. The Morgan fingerprint density at radius 3 is 2.64 bits per heavy atom. The predicted molar refractivity (Wildman–Crippen MR) is 123 cm³/mol. The van der Waals surface area contributed by atoms with E-state index in [9.17, 15) is 10.1 Å². The van der Waals surface area contributed by atoms with Crippen molar-refractivity contribution >= 4 is 11.4 Å². The number of fused-ring (bicyclic) bond motifs is 1. The lowest BCUT2D eigenvalue weighted by atomic mass is 9.95. The minimum absolute atomic E-state index is 0.176. The molecule has 3 aromatic heterocycles. The second-order valence-corrected chi connectivity index (χ2v) is 8.93. The van der Waals surface area contributed by atoms with Crippen LogP contribution in [0.5, 0.6) is 5.75 Å². The Morgan fingerprint density at radius 2 is 1.94 bits per heavy atom. The number of pyridine rings is 1. The van der Waals surface area contributed by atoms with Gasteiger partial charge in [-0.1, -0.05) is 0 Å². The molecule has 2 saturated heterocycles. The summed E-state index contributed by atoms with van der Waals surface area (Å²) in [6.45, 7) is 5.53. The number of ether oxygens (including phenoxy) is 1. The summed E-state index contributed by atoms with van der Waals surface area (Å²) < 4.78 is 9.35. The van der Waals surface area contributed by atoms with Gasteiger partial charge in [-0.3, -0.25) is 9.48 Å². The van der Waals surface area contributed by atoms with Gasteiger partial charge in [-0.05, 0) is 51.8 Å². The van der Waals surface area contributed by atoms with Gasteiger partial charge in [0.25, 0.3) is 0 Å². The molecule has 9 heteroatoms. The van der Waals surface area contributed by atoms with E-state index in [2.05, 4.69) is 33.0 Å². The molecular weight excluding hydrogens is 418 g/mol. The molecule has 0 unspecified atom stereocenters. The largest absolute Gasteiger partial charge is 0.494 e. The summed E-state index contributed by atoms with van der Waals surface area (Å²) in [4.78, 5) is 14.9. The molecule has 1 N–H and O–H groups in total. The molecule has 0 saturated carbocycles. The molecule has 172 valence electrons. The molecule has 2 aliphatic rings. The number of likely N-dealkylation sites (tertiary alicyclic amines) is 1. The second-order valence-electron chi connectivity index (χ2n) is 8.93. The molecule has 2 fully saturated rings. The highest BCUT2D eigenvalue weighted by atomic mass is 16.5. The molecule has 0 aliphatic carbocycles. The maximum atomic E-state index is 12.9. The first-order valence-corrected chi connectivity index (χ1v) is 11.6. The first-order valence-electron chi connectivity index (χ1n) is 11.6. The van der Waals surface area contributed by atoms with Crippen LogP contribution in [0, 0.1) is 24.2 Å². The number of piperidine rings is 2. The van der Waals surface area contributed by atoms with Gasteiger partial charge in [0.15, 0.2) is 0 Å². The molecule has 1 amide bonds. The predicted octanol–water partition coefficient (Wildman–Crippen LogP) is 2.55. The monoisotopic (exact) mass is 447 g/mol. The fraction of sp³-hybridized carbons (Fsp3) is 0.500. The van der Waals surface area contributed by atoms with E-state index in [0.717, 1.165) is 68.7 Å². The molecule has 0 bridgehead atoms. The minimum atomic E-state index is 0.176. The van der Waals surface area contributed by atoms with Gasteiger partial charge in [-0.2, -0.15) is 15.5 Å². The molecule has 0 radical (unpaired) electrons. The Labute approximate surface area is 192 Å². The lowest BCUT2D eigenvalue weighted by Crippen LogP contribution is -2.45. The number of nitrogens with zero attached hydrogens (tertiary/aromatic N) is 6. The molecule has 0 aromatic carbocycles. The van der Waals surface area contributed by atoms with Gasteiger partial charge in [0.05, 0.1) is 25.5 Å². The molecule has 2 aliphatic heterocycles. The highest BCUT2D eigenvalue weighted by Crippen LogP contribution is 2.33. The first-order chi connectivity index (χ1) is 16.1. The van der Waals surface area contributed by atoms with Gasteiger partial charge in [0, 0.05) is 42.0 Å². The Hall–Kier alpha value is -3.38. The van der Waals surface area contributed by atoms with Gasteiger partial charge in [0.2, 0.25) is 5.91 Å². The van der Waals surface area contributed by atoms with E-state index in [0.29, 0.717) is 22.7 Å². The zero-order valence-corrected chi connectivity index (χ0v) is 19.1. The van der Waals surface area contributed by atoms with Crippen molar-refractivity contribution in [3.05, 3.63) is 35.9 Å². The number of nitrogens with one attached hydrogen (secondary N) is 1.